The monoisotopic (exact) mass is 205 g/mol. The summed E-state index contributed by atoms with van der Waals surface area (Å²) in [7, 11) is 3.27. The number of oxime groups is 1. The highest BCUT2D eigenvalue weighted by molar-refractivity contribution is 6.00. The molecule has 15 heavy (non-hydrogen) atoms. The van der Waals surface area contributed by atoms with E-state index < -0.39 is 0 Å². The van der Waals surface area contributed by atoms with Crippen molar-refractivity contribution >= 4 is 11.4 Å². The predicted octanol–water partition coefficient (Wildman–Crippen LogP) is 1.89. The molecule has 1 heterocycles. The quantitative estimate of drug-likeness (QED) is 0.558. The lowest BCUT2D eigenvalue weighted by Gasteiger charge is -2.02. The maximum Gasteiger partial charge on any atom is 0.106 e. The molecule has 0 aromatic carbocycles. The van der Waals surface area contributed by atoms with Crippen molar-refractivity contribution in [2.45, 2.75) is 13.8 Å². The molecule has 0 aliphatic carbocycles. The topological polar surface area (TPSA) is 46.8 Å². The van der Waals surface area contributed by atoms with Crippen molar-refractivity contribution in [3.05, 3.63) is 29.6 Å². The molecule has 80 valence electrons. The van der Waals surface area contributed by atoms with Gasteiger partial charge in [0, 0.05) is 7.05 Å². The lowest BCUT2D eigenvalue weighted by Crippen LogP contribution is -2.05. The highest BCUT2D eigenvalue weighted by atomic mass is 16.6. The number of hydrogen-bond acceptors (Lipinski definition) is 4. The molecule has 0 amide bonds. The van der Waals surface area contributed by atoms with E-state index >= 15 is 0 Å². The first kappa shape index (κ1) is 11.4. The van der Waals surface area contributed by atoms with Crippen molar-refractivity contribution in [1.82, 2.24) is 4.98 Å². The Morgan fingerprint density at radius 2 is 1.80 bits per heavy atom. The van der Waals surface area contributed by atoms with Crippen LogP contribution in [0.3, 0.4) is 0 Å². The van der Waals surface area contributed by atoms with Gasteiger partial charge in [-0.15, -0.1) is 0 Å². The van der Waals surface area contributed by atoms with E-state index in [0.717, 1.165) is 22.8 Å². The summed E-state index contributed by atoms with van der Waals surface area (Å²) in [5.41, 5.74) is 3.32. The Morgan fingerprint density at radius 1 is 1.20 bits per heavy atom. The van der Waals surface area contributed by atoms with Gasteiger partial charge < -0.3 is 4.84 Å². The van der Waals surface area contributed by atoms with Gasteiger partial charge >= 0.3 is 0 Å². The van der Waals surface area contributed by atoms with Crippen molar-refractivity contribution in [1.29, 1.82) is 0 Å². The van der Waals surface area contributed by atoms with Crippen LogP contribution in [0.1, 0.15) is 25.2 Å². The molecule has 0 spiro atoms. The molecule has 0 bridgehead atoms. The third-order valence-electron chi connectivity index (χ3n) is 2.05. The van der Waals surface area contributed by atoms with Crippen molar-refractivity contribution in [3.8, 4) is 0 Å². The molecule has 1 rings (SSSR count). The zero-order valence-corrected chi connectivity index (χ0v) is 9.48. The van der Waals surface area contributed by atoms with Crippen LogP contribution in [0.15, 0.2) is 28.3 Å². The lowest BCUT2D eigenvalue weighted by molar-refractivity contribution is 0.213. The Bertz CT molecular complexity index is 397. The normalized spacial score (nSPS) is 12.8. The predicted molar refractivity (Wildman–Crippen MR) is 61.6 cm³/mol. The second-order valence-electron chi connectivity index (χ2n) is 3.08. The van der Waals surface area contributed by atoms with Crippen molar-refractivity contribution in [2.24, 2.45) is 10.1 Å². The highest BCUT2D eigenvalue weighted by Gasteiger charge is 2.03. The molecule has 1 aromatic heterocycles. The number of aromatic nitrogens is 1. The van der Waals surface area contributed by atoms with Crippen LogP contribution in [0.5, 0.6) is 0 Å². The van der Waals surface area contributed by atoms with Crippen molar-refractivity contribution in [2.75, 3.05) is 14.2 Å². The Labute approximate surface area is 89.7 Å². The minimum atomic E-state index is 0.753. The molecular formula is C11H15N3O. The lowest BCUT2D eigenvalue weighted by atomic mass is 10.2. The zero-order chi connectivity index (χ0) is 11.3. The molecule has 0 aliphatic heterocycles. The molecule has 0 fully saturated rings. The van der Waals surface area contributed by atoms with Gasteiger partial charge in [0.05, 0.1) is 17.1 Å². The molecule has 4 heteroatoms. The van der Waals surface area contributed by atoms with E-state index in [1.165, 1.54) is 7.11 Å². The fourth-order valence-electron chi connectivity index (χ4n) is 1.14. The molecule has 0 saturated carbocycles. The standard InChI is InChI=1S/C11H15N3O/c1-8(12-3)10-6-5-7-11(13-10)9(2)14-15-4/h5-7H,1-4H3. The van der Waals surface area contributed by atoms with Crippen LogP contribution in [0, 0.1) is 0 Å². The summed E-state index contributed by atoms with van der Waals surface area (Å²) < 4.78 is 0. The molecule has 0 N–H and O–H groups in total. The van der Waals surface area contributed by atoms with E-state index in [-0.39, 0.29) is 0 Å². The molecular weight excluding hydrogens is 190 g/mol. The van der Waals surface area contributed by atoms with Gasteiger partial charge in [-0.1, -0.05) is 11.2 Å². The Hall–Kier alpha value is -1.71. The van der Waals surface area contributed by atoms with Gasteiger partial charge in [0.1, 0.15) is 12.8 Å². The fraction of sp³-hybridized carbons (Fsp3) is 0.364. The summed E-state index contributed by atoms with van der Waals surface area (Å²) in [6, 6.07) is 5.75. The van der Waals surface area contributed by atoms with E-state index in [2.05, 4.69) is 15.1 Å². The smallest absolute Gasteiger partial charge is 0.106 e. The summed E-state index contributed by atoms with van der Waals surface area (Å²) in [6.45, 7) is 3.78. The zero-order valence-electron chi connectivity index (χ0n) is 9.48. The van der Waals surface area contributed by atoms with Crippen LogP contribution in [-0.2, 0) is 4.84 Å². The number of hydrogen-bond donors (Lipinski definition) is 0. The summed E-state index contributed by atoms with van der Waals surface area (Å²) in [6.07, 6.45) is 0. The minimum absolute atomic E-state index is 0.753. The van der Waals surface area contributed by atoms with Gasteiger partial charge in [0.2, 0.25) is 0 Å². The molecule has 0 radical (unpaired) electrons. The molecule has 0 saturated heterocycles. The second kappa shape index (κ2) is 5.24. The maximum atomic E-state index is 4.70. The second-order valence-corrected chi connectivity index (χ2v) is 3.08. The van der Waals surface area contributed by atoms with E-state index in [1.807, 2.05) is 32.0 Å². The molecule has 4 nitrogen and oxygen atoms in total. The molecule has 0 unspecified atom stereocenters. The van der Waals surface area contributed by atoms with E-state index in [0.29, 0.717) is 0 Å². The van der Waals surface area contributed by atoms with Crippen LogP contribution in [0.2, 0.25) is 0 Å². The molecule has 1 aromatic rings. The van der Waals surface area contributed by atoms with Gasteiger partial charge in [-0.3, -0.25) is 4.99 Å². The largest absolute Gasteiger partial charge is 0.399 e. The van der Waals surface area contributed by atoms with E-state index in [1.54, 1.807) is 7.05 Å². The Morgan fingerprint density at radius 3 is 2.33 bits per heavy atom. The third kappa shape index (κ3) is 2.87. The van der Waals surface area contributed by atoms with Gasteiger partial charge in [-0.2, -0.15) is 0 Å². The first-order valence-corrected chi connectivity index (χ1v) is 4.68. The number of aliphatic imine (C=N–C) groups is 1. The van der Waals surface area contributed by atoms with Gasteiger partial charge in [0.15, 0.2) is 0 Å². The minimum Gasteiger partial charge on any atom is -0.399 e. The molecule has 0 aliphatic rings. The average molecular weight is 205 g/mol. The van der Waals surface area contributed by atoms with Crippen molar-refractivity contribution < 1.29 is 4.84 Å². The van der Waals surface area contributed by atoms with Crippen LogP contribution in [0.25, 0.3) is 0 Å². The van der Waals surface area contributed by atoms with Crippen LogP contribution < -0.4 is 0 Å². The summed E-state index contributed by atoms with van der Waals surface area (Å²) in [4.78, 5) is 13.2. The maximum absolute atomic E-state index is 4.70. The SMILES string of the molecule is CN=C(C)c1cccc(C(C)=NOC)n1. The fourth-order valence-corrected chi connectivity index (χ4v) is 1.14. The van der Waals surface area contributed by atoms with E-state index in [4.69, 9.17) is 4.84 Å². The third-order valence-corrected chi connectivity index (χ3v) is 2.05. The Kier molecular flexibility index (Phi) is 3.97. The van der Waals surface area contributed by atoms with E-state index in [9.17, 15) is 0 Å². The van der Waals surface area contributed by atoms with Gasteiger partial charge in [0.25, 0.3) is 0 Å². The van der Waals surface area contributed by atoms with Crippen LogP contribution in [-0.4, -0.2) is 30.6 Å². The van der Waals surface area contributed by atoms with Crippen LogP contribution in [0.4, 0.5) is 0 Å². The number of pyridine rings is 1. The highest BCUT2D eigenvalue weighted by Crippen LogP contribution is 2.03. The summed E-state index contributed by atoms with van der Waals surface area (Å²) in [5, 5.41) is 3.84. The van der Waals surface area contributed by atoms with Crippen molar-refractivity contribution in [3.63, 3.8) is 0 Å². The first-order valence-electron chi connectivity index (χ1n) is 4.68. The van der Waals surface area contributed by atoms with Crippen LogP contribution >= 0.6 is 0 Å². The first-order chi connectivity index (χ1) is 7.19. The summed E-state index contributed by atoms with van der Waals surface area (Å²) >= 11 is 0. The van der Waals surface area contributed by atoms with Gasteiger partial charge in [-0.25, -0.2) is 4.98 Å². The molecule has 0 atom stereocenters. The average Bonchev–Trinajstić information content (AvgIpc) is 2.28. The number of nitrogens with zero attached hydrogens (tertiary/aromatic N) is 3. The van der Waals surface area contributed by atoms with Gasteiger partial charge in [-0.05, 0) is 26.0 Å². The summed E-state index contributed by atoms with van der Waals surface area (Å²) in [5.74, 6) is 0. The number of rotatable bonds is 3. The Balaban J connectivity index is 3.08.